The minimum atomic E-state index is -3.48. The van der Waals surface area contributed by atoms with Gasteiger partial charge in [-0.05, 0) is 44.7 Å². The molecule has 0 aliphatic carbocycles. The largest absolute Gasteiger partial charge is 0.456 e. The van der Waals surface area contributed by atoms with Crippen molar-refractivity contribution in [1.82, 2.24) is 8.87 Å². The first-order valence-corrected chi connectivity index (χ1v) is 11.9. The number of ketones is 1. The minimum absolute atomic E-state index is 0.286. The van der Waals surface area contributed by atoms with Crippen molar-refractivity contribution < 1.29 is 22.7 Å². The van der Waals surface area contributed by atoms with Gasteiger partial charge in [0, 0.05) is 30.0 Å². The highest BCUT2D eigenvalue weighted by atomic mass is 32.2. The average molecular weight is 433 g/mol. The van der Waals surface area contributed by atoms with Gasteiger partial charge in [-0.25, -0.2) is 8.42 Å². The zero-order valence-electron chi connectivity index (χ0n) is 17.6. The number of aromatic nitrogens is 1. The third-order valence-corrected chi connectivity index (χ3v) is 6.88. The zero-order valence-corrected chi connectivity index (χ0v) is 18.4. The monoisotopic (exact) mass is 432 g/mol. The lowest BCUT2D eigenvalue weighted by atomic mass is 10.1. The third-order valence-electron chi connectivity index (χ3n) is 5.59. The molecule has 3 rings (SSSR count). The van der Waals surface area contributed by atoms with Crippen molar-refractivity contribution in [2.75, 3.05) is 19.4 Å². The fraction of sp³-hybridized carbons (Fsp3) is 0.455. The second-order valence-corrected chi connectivity index (χ2v) is 9.67. The number of hydrogen-bond acceptors (Lipinski definition) is 5. The van der Waals surface area contributed by atoms with Gasteiger partial charge in [-0.3, -0.25) is 9.59 Å². The number of nitrogens with zero attached hydrogens (tertiary/aromatic N) is 2. The van der Waals surface area contributed by atoms with E-state index in [4.69, 9.17) is 4.74 Å². The van der Waals surface area contributed by atoms with Crippen LogP contribution in [-0.4, -0.2) is 54.5 Å². The number of aryl methyl sites for hydroxylation is 2. The van der Waals surface area contributed by atoms with Crippen molar-refractivity contribution in [3.63, 3.8) is 0 Å². The summed E-state index contributed by atoms with van der Waals surface area (Å²) in [6.07, 6.45) is 2.94. The van der Waals surface area contributed by atoms with Crippen LogP contribution in [0.25, 0.3) is 0 Å². The highest BCUT2D eigenvalue weighted by Gasteiger charge is 2.37. The molecular formula is C22H28N2O5S. The summed E-state index contributed by atoms with van der Waals surface area (Å²) in [5.74, 6) is -0.949. The number of ether oxygens (including phenoxy) is 1. The molecule has 2 aromatic rings. The van der Waals surface area contributed by atoms with E-state index < -0.39 is 28.6 Å². The molecule has 1 aliphatic rings. The zero-order chi connectivity index (χ0) is 21.9. The van der Waals surface area contributed by atoms with Crippen LogP contribution in [0.5, 0.6) is 0 Å². The van der Waals surface area contributed by atoms with Crippen molar-refractivity contribution >= 4 is 21.8 Å². The van der Waals surface area contributed by atoms with Crippen LogP contribution >= 0.6 is 0 Å². The third kappa shape index (κ3) is 4.99. The lowest BCUT2D eigenvalue weighted by molar-refractivity contribution is -0.146. The molecule has 0 radical (unpaired) electrons. The fourth-order valence-electron chi connectivity index (χ4n) is 4.00. The SMILES string of the molecule is Cc1cc(C(=O)COC(=O)C2CCCN2S(C)(=O)=O)c(C)n1CCc1ccccc1. The van der Waals surface area contributed by atoms with Crippen molar-refractivity contribution in [2.24, 2.45) is 0 Å². The maximum atomic E-state index is 12.7. The first-order valence-electron chi connectivity index (χ1n) is 10.1. The standard InChI is InChI=1S/C22H28N2O5S/c1-16-14-19(17(2)23(16)13-11-18-8-5-4-6-9-18)21(25)15-29-22(26)20-10-7-12-24(20)30(3,27)28/h4-6,8-9,14,20H,7,10-13,15H2,1-3H3. The van der Waals surface area contributed by atoms with E-state index in [9.17, 15) is 18.0 Å². The quantitative estimate of drug-likeness (QED) is 0.473. The van der Waals surface area contributed by atoms with Gasteiger partial charge < -0.3 is 9.30 Å². The van der Waals surface area contributed by atoms with Gasteiger partial charge in [-0.2, -0.15) is 4.31 Å². The van der Waals surface area contributed by atoms with Gasteiger partial charge in [0.1, 0.15) is 6.04 Å². The Morgan fingerprint density at radius 1 is 1.17 bits per heavy atom. The van der Waals surface area contributed by atoms with Crippen molar-refractivity contribution in [1.29, 1.82) is 0 Å². The second kappa shape index (κ2) is 9.14. The van der Waals surface area contributed by atoms with Gasteiger partial charge in [-0.1, -0.05) is 30.3 Å². The Hall–Kier alpha value is -2.45. The number of sulfonamides is 1. The lowest BCUT2D eigenvalue weighted by Crippen LogP contribution is -2.41. The summed E-state index contributed by atoms with van der Waals surface area (Å²) in [5.41, 5.74) is 3.55. The molecule has 1 aromatic carbocycles. The smallest absolute Gasteiger partial charge is 0.324 e. The Labute approximate surface area is 177 Å². The topological polar surface area (TPSA) is 85.7 Å². The van der Waals surface area contributed by atoms with Crippen LogP contribution in [0.3, 0.4) is 0 Å². The summed E-state index contributed by atoms with van der Waals surface area (Å²) in [7, 11) is -3.48. The summed E-state index contributed by atoms with van der Waals surface area (Å²) < 4.78 is 32.0. The Bertz CT molecular complexity index is 1030. The van der Waals surface area contributed by atoms with Crippen LogP contribution in [0.15, 0.2) is 36.4 Å². The van der Waals surface area contributed by atoms with E-state index in [2.05, 4.69) is 16.7 Å². The summed E-state index contributed by atoms with van der Waals surface area (Å²) in [6.45, 7) is 4.49. The number of carbonyl (C=O) groups is 2. The van der Waals surface area contributed by atoms with Crippen LogP contribution in [0.1, 0.15) is 40.2 Å². The van der Waals surface area contributed by atoms with Crippen molar-refractivity contribution in [2.45, 2.75) is 45.7 Å². The molecule has 0 N–H and O–H groups in total. The summed E-state index contributed by atoms with van der Waals surface area (Å²) in [4.78, 5) is 25.0. The van der Waals surface area contributed by atoms with Crippen LogP contribution in [0.4, 0.5) is 0 Å². The fourth-order valence-corrected chi connectivity index (χ4v) is 5.11. The minimum Gasteiger partial charge on any atom is -0.456 e. The molecule has 162 valence electrons. The van der Waals surface area contributed by atoms with Gasteiger partial charge in [0.15, 0.2) is 6.61 Å². The maximum Gasteiger partial charge on any atom is 0.324 e. The second-order valence-electron chi connectivity index (χ2n) is 7.73. The molecular weight excluding hydrogens is 404 g/mol. The molecule has 1 fully saturated rings. The number of esters is 1. The molecule has 1 aliphatic heterocycles. The van der Waals surface area contributed by atoms with E-state index in [0.29, 0.717) is 24.9 Å². The first kappa shape index (κ1) is 22.2. The predicted molar refractivity (Wildman–Crippen MR) is 114 cm³/mol. The van der Waals surface area contributed by atoms with Crippen molar-refractivity contribution in [3.05, 3.63) is 58.9 Å². The van der Waals surface area contributed by atoms with Crippen LogP contribution in [0, 0.1) is 13.8 Å². The Kier molecular flexibility index (Phi) is 6.77. The summed E-state index contributed by atoms with van der Waals surface area (Å²) >= 11 is 0. The van der Waals surface area contributed by atoms with E-state index in [-0.39, 0.29) is 5.78 Å². The average Bonchev–Trinajstić information content (AvgIpc) is 3.30. The molecule has 1 atom stereocenters. The summed E-state index contributed by atoms with van der Waals surface area (Å²) in [5, 5.41) is 0. The molecule has 0 spiro atoms. The van der Waals surface area contributed by atoms with Gasteiger partial charge in [0.2, 0.25) is 15.8 Å². The van der Waals surface area contributed by atoms with E-state index in [0.717, 1.165) is 34.9 Å². The van der Waals surface area contributed by atoms with Crippen LogP contribution in [-0.2, 0) is 32.5 Å². The van der Waals surface area contributed by atoms with E-state index >= 15 is 0 Å². The van der Waals surface area contributed by atoms with Gasteiger partial charge in [-0.15, -0.1) is 0 Å². The Balaban J connectivity index is 1.62. The number of rotatable bonds is 8. The lowest BCUT2D eigenvalue weighted by Gasteiger charge is -2.20. The number of benzene rings is 1. The van der Waals surface area contributed by atoms with Gasteiger partial charge >= 0.3 is 5.97 Å². The Morgan fingerprint density at radius 2 is 1.87 bits per heavy atom. The number of Topliss-reactive ketones (excluding diaryl/α,β-unsaturated/α-hetero) is 1. The van der Waals surface area contributed by atoms with E-state index in [1.54, 1.807) is 0 Å². The van der Waals surface area contributed by atoms with Crippen LogP contribution in [0.2, 0.25) is 0 Å². The molecule has 7 nitrogen and oxygen atoms in total. The normalized spacial score (nSPS) is 17.2. The van der Waals surface area contributed by atoms with E-state index in [1.165, 1.54) is 5.56 Å². The van der Waals surface area contributed by atoms with Gasteiger partial charge in [0.25, 0.3) is 0 Å². The van der Waals surface area contributed by atoms with Gasteiger partial charge in [0.05, 0.1) is 6.26 Å². The molecule has 1 saturated heterocycles. The highest BCUT2D eigenvalue weighted by Crippen LogP contribution is 2.22. The summed E-state index contributed by atoms with van der Waals surface area (Å²) in [6, 6.07) is 11.1. The number of hydrogen-bond donors (Lipinski definition) is 0. The first-order chi connectivity index (χ1) is 14.2. The highest BCUT2D eigenvalue weighted by molar-refractivity contribution is 7.88. The molecule has 2 heterocycles. The van der Waals surface area contributed by atoms with Crippen molar-refractivity contribution in [3.8, 4) is 0 Å². The van der Waals surface area contributed by atoms with E-state index in [1.807, 2.05) is 38.1 Å². The molecule has 30 heavy (non-hydrogen) atoms. The number of carbonyl (C=O) groups excluding carboxylic acids is 2. The predicted octanol–water partition coefficient (Wildman–Crippen LogP) is 2.50. The van der Waals surface area contributed by atoms with Crippen LogP contribution < -0.4 is 0 Å². The maximum absolute atomic E-state index is 12.7. The molecule has 1 aromatic heterocycles. The Morgan fingerprint density at radius 3 is 2.53 bits per heavy atom. The molecule has 1 unspecified atom stereocenters. The molecule has 8 heteroatoms. The molecule has 0 bridgehead atoms. The molecule has 0 saturated carbocycles. The molecule has 0 amide bonds.